The molecule has 23 heavy (non-hydrogen) atoms. The molecule has 1 aromatic carbocycles. The molecule has 1 unspecified atom stereocenters. The second-order valence-electron chi connectivity index (χ2n) is 5.60. The van der Waals surface area contributed by atoms with E-state index in [1.807, 2.05) is 26.0 Å². The highest BCUT2D eigenvalue weighted by Gasteiger charge is 2.24. The minimum atomic E-state index is -0.642. The van der Waals surface area contributed by atoms with E-state index in [9.17, 15) is 9.59 Å². The van der Waals surface area contributed by atoms with Crippen molar-refractivity contribution in [1.82, 2.24) is 15.1 Å². The molecule has 124 valence electrons. The topological polar surface area (TPSA) is 73.2 Å². The third-order valence-corrected chi connectivity index (χ3v) is 3.95. The first-order valence-corrected chi connectivity index (χ1v) is 7.79. The number of aromatic nitrogens is 2. The fourth-order valence-corrected chi connectivity index (χ4v) is 2.54. The van der Waals surface area contributed by atoms with Gasteiger partial charge in [-0.15, -0.1) is 0 Å². The van der Waals surface area contributed by atoms with Crippen LogP contribution in [0.15, 0.2) is 24.4 Å². The summed E-state index contributed by atoms with van der Waals surface area (Å²) in [5.41, 5.74) is 0.874. The number of hydrogen-bond donors (Lipinski definition) is 1. The molecule has 1 atom stereocenters. The van der Waals surface area contributed by atoms with Crippen LogP contribution in [0.5, 0.6) is 0 Å². The van der Waals surface area contributed by atoms with Crippen molar-refractivity contribution < 1.29 is 14.3 Å². The minimum absolute atomic E-state index is 0.0456. The lowest BCUT2D eigenvalue weighted by Crippen LogP contribution is -2.45. The number of halogens is 1. The van der Waals surface area contributed by atoms with Crippen LogP contribution >= 0.6 is 11.6 Å². The van der Waals surface area contributed by atoms with E-state index in [4.69, 9.17) is 16.3 Å². The van der Waals surface area contributed by atoms with E-state index in [0.29, 0.717) is 11.6 Å². The molecule has 6 nitrogen and oxygen atoms in total. The van der Waals surface area contributed by atoms with Crippen molar-refractivity contribution in [3.05, 3.63) is 29.4 Å². The molecule has 0 saturated heterocycles. The lowest BCUT2D eigenvalue weighted by Gasteiger charge is -2.19. The van der Waals surface area contributed by atoms with E-state index in [1.165, 1.54) is 7.11 Å². The third-order valence-electron chi connectivity index (χ3n) is 3.62. The number of ether oxygens (including phenoxy) is 1. The largest absolute Gasteiger partial charge is 0.467 e. The highest BCUT2D eigenvalue weighted by molar-refractivity contribution is 6.35. The van der Waals surface area contributed by atoms with Gasteiger partial charge in [0.25, 0.3) is 0 Å². The zero-order valence-corrected chi connectivity index (χ0v) is 14.1. The highest BCUT2D eigenvalue weighted by Crippen LogP contribution is 2.22. The number of amides is 1. The number of fused-ring (bicyclic) bond motifs is 1. The van der Waals surface area contributed by atoms with Gasteiger partial charge in [0.2, 0.25) is 5.91 Å². The van der Waals surface area contributed by atoms with Crippen LogP contribution in [0.1, 0.15) is 20.3 Å². The Morgan fingerprint density at radius 1 is 1.39 bits per heavy atom. The number of aryl methyl sites for hydroxylation is 1. The van der Waals surface area contributed by atoms with Crippen molar-refractivity contribution in [2.45, 2.75) is 32.9 Å². The Hall–Kier alpha value is -2.08. The van der Waals surface area contributed by atoms with Crippen LogP contribution in [0.4, 0.5) is 0 Å². The van der Waals surface area contributed by atoms with Crippen LogP contribution in [0.25, 0.3) is 10.9 Å². The number of carbonyl (C=O) groups is 2. The summed E-state index contributed by atoms with van der Waals surface area (Å²) in [6.07, 6.45) is 1.89. The van der Waals surface area contributed by atoms with Crippen molar-refractivity contribution in [2.24, 2.45) is 5.92 Å². The fourth-order valence-electron chi connectivity index (χ4n) is 2.32. The second kappa shape index (κ2) is 7.46. The lowest BCUT2D eigenvalue weighted by molar-refractivity contribution is -0.146. The lowest BCUT2D eigenvalue weighted by atomic mass is 10.0. The molecule has 0 saturated carbocycles. The van der Waals surface area contributed by atoms with Crippen LogP contribution in [0, 0.1) is 5.92 Å². The summed E-state index contributed by atoms with van der Waals surface area (Å²) in [5, 5.41) is 8.44. The number of nitrogens with one attached hydrogen (secondary N) is 1. The van der Waals surface area contributed by atoms with E-state index < -0.39 is 12.0 Å². The van der Waals surface area contributed by atoms with E-state index in [-0.39, 0.29) is 18.2 Å². The molecule has 0 fully saturated rings. The van der Waals surface area contributed by atoms with E-state index in [0.717, 1.165) is 10.9 Å². The number of esters is 1. The van der Waals surface area contributed by atoms with Crippen LogP contribution in [-0.2, 0) is 20.9 Å². The summed E-state index contributed by atoms with van der Waals surface area (Å²) in [5.74, 6) is -0.708. The van der Waals surface area contributed by atoms with Gasteiger partial charge in [-0.3, -0.25) is 9.48 Å². The van der Waals surface area contributed by atoms with Gasteiger partial charge in [-0.05, 0) is 18.1 Å². The van der Waals surface area contributed by atoms with Gasteiger partial charge in [0, 0.05) is 11.8 Å². The zero-order valence-electron chi connectivity index (χ0n) is 13.4. The van der Waals surface area contributed by atoms with Crippen LogP contribution in [-0.4, -0.2) is 34.8 Å². The average Bonchev–Trinajstić information content (AvgIpc) is 2.94. The standard InChI is InChI=1S/C16H20ClN3O3/c1-10(2)15(16(22)23-3)19-14(21)7-8-20-13-6-4-5-12(17)11(13)9-18-20/h4-6,9-10,15H,7-8H2,1-3H3,(H,19,21). The van der Waals surface area contributed by atoms with Gasteiger partial charge in [0.1, 0.15) is 6.04 Å². The zero-order chi connectivity index (χ0) is 17.0. The SMILES string of the molecule is COC(=O)C(NC(=O)CCn1ncc2c(Cl)cccc21)C(C)C. The van der Waals surface area contributed by atoms with Gasteiger partial charge in [-0.2, -0.15) is 5.10 Å². The Bertz CT molecular complexity index is 712. The van der Waals surface area contributed by atoms with Crippen LogP contribution in [0.3, 0.4) is 0 Å². The maximum absolute atomic E-state index is 12.1. The molecule has 0 bridgehead atoms. The van der Waals surface area contributed by atoms with Crippen molar-refractivity contribution in [1.29, 1.82) is 0 Å². The van der Waals surface area contributed by atoms with E-state index in [2.05, 4.69) is 10.4 Å². The van der Waals surface area contributed by atoms with Gasteiger partial charge < -0.3 is 10.1 Å². The second-order valence-corrected chi connectivity index (χ2v) is 6.01. The number of benzene rings is 1. The Labute approximate surface area is 139 Å². The maximum atomic E-state index is 12.1. The summed E-state index contributed by atoms with van der Waals surface area (Å²) >= 11 is 6.10. The maximum Gasteiger partial charge on any atom is 0.328 e. The number of hydrogen-bond acceptors (Lipinski definition) is 4. The van der Waals surface area contributed by atoms with Crippen molar-refractivity contribution >= 4 is 34.4 Å². The molecule has 0 spiro atoms. The smallest absolute Gasteiger partial charge is 0.328 e. The molecule has 1 aromatic heterocycles. The number of methoxy groups -OCH3 is 1. The van der Waals surface area contributed by atoms with Gasteiger partial charge in [-0.25, -0.2) is 4.79 Å². The fraction of sp³-hybridized carbons (Fsp3) is 0.438. The molecule has 1 heterocycles. The molecule has 2 aromatic rings. The van der Waals surface area contributed by atoms with Gasteiger partial charge >= 0.3 is 5.97 Å². The Balaban J connectivity index is 2.00. The van der Waals surface area contributed by atoms with E-state index >= 15 is 0 Å². The summed E-state index contributed by atoms with van der Waals surface area (Å²) in [7, 11) is 1.31. The van der Waals surface area contributed by atoms with E-state index in [1.54, 1.807) is 16.9 Å². The first kappa shape index (κ1) is 17.3. The number of carbonyl (C=O) groups excluding carboxylic acids is 2. The molecule has 1 N–H and O–H groups in total. The number of nitrogens with zero attached hydrogens (tertiary/aromatic N) is 2. The third kappa shape index (κ3) is 4.01. The highest BCUT2D eigenvalue weighted by atomic mass is 35.5. The molecular weight excluding hydrogens is 318 g/mol. The first-order valence-electron chi connectivity index (χ1n) is 7.41. The summed E-state index contributed by atoms with van der Waals surface area (Å²) in [6, 6.07) is 4.90. The minimum Gasteiger partial charge on any atom is -0.467 e. The van der Waals surface area contributed by atoms with Crippen molar-refractivity contribution in [2.75, 3.05) is 7.11 Å². The molecule has 0 aliphatic heterocycles. The summed E-state index contributed by atoms with van der Waals surface area (Å²) in [6.45, 7) is 4.11. The van der Waals surface area contributed by atoms with Gasteiger partial charge in [0.15, 0.2) is 0 Å². The normalized spacial score (nSPS) is 12.4. The molecule has 7 heteroatoms. The molecular formula is C16H20ClN3O3. The summed E-state index contributed by atoms with van der Waals surface area (Å²) < 4.78 is 6.44. The Morgan fingerprint density at radius 2 is 2.13 bits per heavy atom. The monoisotopic (exact) mass is 337 g/mol. The quantitative estimate of drug-likeness (QED) is 0.821. The summed E-state index contributed by atoms with van der Waals surface area (Å²) in [4.78, 5) is 23.8. The predicted octanol–water partition coefficient (Wildman–Crippen LogP) is 2.39. The molecule has 0 aliphatic carbocycles. The molecule has 2 rings (SSSR count). The Morgan fingerprint density at radius 3 is 2.78 bits per heavy atom. The molecule has 0 aliphatic rings. The molecule has 0 radical (unpaired) electrons. The van der Waals surface area contributed by atoms with Crippen LogP contribution in [0.2, 0.25) is 5.02 Å². The van der Waals surface area contributed by atoms with Crippen molar-refractivity contribution in [3.63, 3.8) is 0 Å². The van der Waals surface area contributed by atoms with Crippen molar-refractivity contribution in [3.8, 4) is 0 Å². The van der Waals surface area contributed by atoms with Crippen LogP contribution < -0.4 is 5.32 Å². The van der Waals surface area contributed by atoms with Gasteiger partial charge in [0.05, 0.1) is 30.4 Å². The average molecular weight is 338 g/mol. The van der Waals surface area contributed by atoms with Gasteiger partial charge in [-0.1, -0.05) is 31.5 Å². The first-order chi connectivity index (χ1) is 10.9. The number of rotatable bonds is 6. The Kier molecular flexibility index (Phi) is 5.60. The predicted molar refractivity (Wildman–Crippen MR) is 88.1 cm³/mol. The molecule has 1 amide bonds.